The summed E-state index contributed by atoms with van der Waals surface area (Å²) in [6, 6.07) is 3.43. The van der Waals surface area contributed by atoms with E-state index in [0.717, 1.165) is 0 Å². The number of aliphatic carboxylic acids is 1. The van der Waals surface area contributed by atoms with Crippen LogP contribution in [0.1, 0.15) is 36.0 Å². The van der Waals surface area contributed by atoms with Gasteiger partial charge in [-0.05, 0) is 25.0 Å². The molecule has 80 valence electrons. The summed E-state index contributed by atoms with van der Waals surface area (Å²) in [5.41, 5.74) is 0.591. The first-order chi connectivity index (χ1) is 7.20. The zero-order chi connectivity index (χ0) is 11.1. The number of Topliss-reactive ketones (excluding diaryl/α,β-unsaturated/α-hetero) is 1. The van der Waals surface area contributed by atoms with E-state index in [2.05, 4.69) is 4.98 Å². The molecule has 1 heterocycles. The highest BCUT2D eigenvalue weighted by Gasteiger charge is 2.05. The van der Waals surface area contributed by atoms with Crippen LogP contribution in [0.4, 0.5) is 0 Å². The maximum Gasteiger partial charge on any atom is 0.303 e. The maximum atomic E-state index is 11.5. The van der Waals surface area contributed by atoms with Gasteiger partial charge in [0.2, 0.25) is 0 Å². The molecule has 0 spiro atoms. The van der Waals surface area contributed by atoms with Crippen molar-refractivity contribution < 1.29 is 14.7 Å². The molecule has 0 atom stereocenters. The average Bonchev–Trinajstić information content (AvgIpc) is 2.25. The first-order valence-corrected chi connectivity index (χ1v) is 4.85. The average molecular weight is 207 g/mol. The summed E-state index contributed by atoms with van der Waals surface area (Å²) in [6.45, 7) is 0. The van der Waals surface area contributed by atoms with E-state index in [1.54, 1.807) is 18.3 Å². The minimum Gasteiger partial charge on any atom is -0.481 e. The Morgan fingerprint density at radius 1 is 1.27 bits per heavy atom. The fourth-order valence-corrected chi connectivity index (χ4v) is 1.23. The first-order valence-electron chi connectivity index (χ1n) is 4.85. The molecule has 0 aliphatic carbocycles. The molecule has 0 aromatic carbocycles. The van der Waals surface area contributed by atoms with Gasteiger partial charge in [0.1, 0.15) is 0 Å². The lowest BCUT2D eigenvalue weighted by Crippen LogP contribution is -2.00. The molecule has 1 aromatic heterocycles. The Balaban J connectivity index is 2.28. The number of carbonyl (C=O) groups excluding carboxylic acids is 1. The summed E-state index contributed by atoms with van der Waals surface area (Å²) in [4.78, 5) is 25.6. The second kappa shape index (κ2) is 5.90. The minimum absolute atomic E-state index is 0.0217. The Hall–Kier alpha value is -1.71. The van der Waals surface area contributed by atoms with Crippen LogP contribution in [-0.2, 0) is 4.79 Å². The highest BCUT2D eigenvalue weighted by atomic mass is 16.4. The molecule has 0 fully saturated rings. The number of rotatable bonds is 6. The van der Waals surface area contributed by atoms with E-state index in [9.17, 15) is 9.59 Å². The normalized spacial score (nSPS) is 9.87. The van der Waals surface area contributed by atoms with Gasteiger partial charge >= 0.3 is 5.97 Å². The number of pyridine rings is 1. The van der Waals surface area contributed by atoms with Gasteiger partial charge in [0.15, 0.2) is 5.78 Å². The molecule has 4 heteroatoms. The fraction of sp³-hybridized carbons (Fsp3) is 0.364. The molecule has 1 rings (SSSR count). The van der Waals surface area contributed by atoms with Crippen molar-refractivity contribution in [2.24, 2.45) is 0 Å². The lowest BCUT2D eigenvalue weighted by atomic mass is 10.1. The summed E-state index contributed by atoms with van der Waals surface area (Å²) < 4.78 is 0. The Kier molecular flexibility index (Phi) is 4.47. The van der Waals surface area contributed by atoms with E-state index < -0.39 is 5.97 Å². The Morgan fingerprint density at radius 2 is 2.00 bits per heavy atom. The Morgan fingerprint density at radius 3 is 2.60 bits per heavy atom. The summed E-state index contributed by atoms with van der Waals surface area (Å²) in [6.07, 6.45) is 4.81. The van der Waals surface area contributed by atoms with Gasteiger partial charge in [-0.25, -0.2) is 0 Å². The number of hydrogen-bond acceptors (Lipinski definition) is 3. The van der Waals surface area contributed by atoms with Crippen molar-refractivity contribution in [2.75, 3.05) is 0 Å². The molecule has 4 nitrogen and oxygen atoms in total. The SMILES string of the molecule is O=C(O)CCCCC(=O)c1cccnc1. The smallest absolute Gasteiger partial charge is 0.303 e. The number of nitrogens with zero attached hydrogens (tertiary/aromatic N) is 1. The molecule has 15 heavy (non-hydrogen) atoms. The van der Waals surface area contributed by atoms with Crippen LogP contribution < -0.4 is 0 Å². The minimum atomic E-state index is -0.816. The summed E-state index contributed by atoms with van der Waals surface area (Å²) in [5.74, 6) is -0.794. The van der Waals surface area contributed by atoms with Crippen LogP contribution in [0.25, 0.3) is 0 Å². The predicted octanol–water partition coefficient (Wildman–Crippen LogP) is 1.91. The molecule has 0 bridgehead atoms. The lowest BCUT2D eigenvalue weighted by molar-refractivity contribution is -0.137. The van der Waals surface area contributed by atoms with Crippen molar-refractivity contribution in [1.82, 2.24) is 4.98 Å². The van der Waals surface area contributed by atoms with Crippen molar-refractivity contribution >= 4 is 11.8 Å². The van der Waals surface area contributed by atoms with Crippen LogP contribution in [0.15, 0.2) is 24.5 Å². The number of carboxylic acid groups (broad SMARTS) is 1. The van der Waals surface area contributed by atoms with Gasteiger partial charge < -0.3 is 5.11 Å². The molecule has 1 aromatic rings. The highest BCUT2D eigenvalue weighted by Crippen LogP contribution is 2.06. The summed E-state index contributed by atoms with van der Waals surface area (Å²) >= 11 is 0. The Bertz CT molecular complexity index is 335. The summed E-state index contributed by atoms with van der Waals surface area (Å²) in [7, 11) is 0. The number of carboxylic acids is 1. The monoisotopic (exact) mass is 207 g/mol. The van der Waals surface area contributed by atoms with Gasteiger partial charge in [-0.3, -0.25) is 14.6 Å². The topological polar surface area (TPSA) is 67.3 Å². The third-order valence-electron chi connectivity index (χ3n) is 2.03. The second-order valence-electron chi connectivity index (χ2n) is 3.27. The molecule has 0 saturated heterocycles. The van der Waals surface area contributed by atoms with Crippen LogP contribution in [0.5, 0.6) is 0 Å². The van der Waals surface area contributed by atoms with E-state index in [1.807, 2.05) is 0 Å². The van der Waals surface area contributed by atoms with Gasteiger partial charge in [0, 0.05) is 30.8 Å². The van der Waals surface area contributed by atoms with Gasteiger partial charge in [-0.2, -0.15) is 0 Å². The van der Waals surface area contributed by atoms with E-state index in [0.29, 0.717) is 24.8 Å². The maximum absolute atomic E-state index is 11.5. The highest BCUT2D eigenvalue weighted by molar-refractivity contribution is 5.95. The zero-order valence-electron chi connectivity index (χ0n) is 8.35. The number of carbonyl (C=O) groups is 2. The van der Waals surface area contributed by atoms with Crippen LogP contribution in [0, 0.1) is 0 Å². The van der Waals surface area contributed by atoms with E-state index in [-0.39, 0.29) is 12.2 Å². The molecule has 0 radical (unpaired) electrons. The third kappa shape index (κ3) is 4.35. The lowest BCUT2D eigenvalue weighted by Gasteiger charge is -1.99. The fourth-order valence-electron chi connectivity index (χ4n) is 1.23. The molecule has 0 amide bonds. The van der Waals surface area contributed by atoms with Crippen molar-refractivity contribution in [1.29, 1.82) is 0 Å². The molecular weight excluding hydrogens is 194 g/mol. The third-order valence-corrected chi connectivity index (χ3v) is 2.03. The number of unbranched alkanes of at least 4 members (excludes halogenated alkanes) is 1. The van der Waals surface area contributed by atoms with Gasteiger partial charge in [-0.15, -0.1) is 0 Å². The Labute approximate surface area is 88.0 Å². The van der Waals surface area contributed by atoms with Crippen molar-refractivity contribution in [3.63, 3.8) is 0 Å². The number of ketones is 1. The van der Waals surface area contributed by atoms with Crippen LogP contribution in [0.3, 0.4) is 0 Å². The predicted molar refractivity (Wildman–Crippen MR) is 54.7 cm³/mol. The van der Waals surface area contributed by atoms with E-state index in [4.69, 9.17) is 5.11 Å². The van der Waals surface area contributed by atoms with Gasteiger partial charge in [0.05, 0.1) is 0 Å². The molecule has 0 aliphatic heterocycles. The molecule has 0 aliphatic rings. The quantitative estimate of drug-likeness (QED) is 0.571. The molecular formula is C11H13NO3. The zero-order valence-corrected chi connectivity index (χ0v) is 8.35. The molecule has 0 unspecified atom stereocenters. The largest absolute Gasteiger partial charge is 0.481 e. The van der Waals surface area contributed by atoms with Gasteiger partial charge in [0.25, 0.3) is 0 Å². The van der Waals surface area contributed by atoms with Crippen LogP contribution in [-0.4, -0.2) is 21.8 Å². The second-order valence-corrected chi connectivity index (χ2v) is 3.27. The van der Waals surface area contributed by atoms with Crippen molar-refractivity contribution in [3.8, 4) is 0 Å². The van der Waals surface area contributed by atoms with Crippen LogP contribution in [0.2, 0.25) is 0 Å². The van der Waals surface area contributed by atoms with Crippen molar-refractivity contribution in [2.45, 2.75) is 25.7 Å². The van der Waals surface area contributed by atoms with E-state index >= 15 is 0 Å². The number of aromatic nitrogens is 1. The van der Waals surface area contributed by atoms with Crippen molar-refractivity contribution in [3.05, 3.63) is 30.1 Å². The van der Waals surface area contributed by atoms with Crippen LogP contribution >= 0.6 is 0 Å². The standard InChI is InChI=1S/C11H13NO3/c13-10(5-1-2-6-11(14)15)9-4-3-7-12-8-9/h3-4,7-8H,1-2,5-6H2,(H,14,15). The molecule has 1 N–H and O–H groups in total. The van der Waals surface area contributed by atoms with Gasteiger partial charge in [-0.1, -0.05) is 0 Å². The molecule has 0 saturated carbocycles. The first kappa shape index (κ1) is 11.4. The number of hydrogen-bond donors (Lipinski definition) is 1. The summed E-state index contributed by atoms with van der Waals surface area (Å²) in [5, 5.41) is 8.40. The van der Waals surface area contributed by atoms with E-state index in [1.165, 1.54) is 6.20 Å².